The van der Waals surface area contributed by atoms with Gasteiger partial charge < -0.3 is 10.0 Å². The molecule has 0 aliphatic heterocycles. The molecule has 5 heteroatoms. The van der Waals surface area contributed by atoms with Crippen molar-refractivity contribution in [2.75, 3.05) is 19.6 Å². The van der Waals surface area contributed by atoms with E-state index in [1.54, 1.807) is 17.9 Å². The SMILES string of the molecule is CCN(CC)CCC(O)c1cnnn1C. The third-order valence-electron chi connectivity index (χ3n) is 2.70. The van der Waals surface area contributed by atoms with E-state index in [2.05, 4.69) is 29.1 Å². The molecule has 1 aromatic rings. The van der Waals surface area contributed by atoms with Gasteiger partial charge in [0.05, 0.1) is 18.0 Å². The van der Waals surface area contributed by atoms with Crippen LogP contribution in [-0.4, -0.2) is 44.6 Å². The third-order valence-corrected chi connectivity index (χ3v) is 2.70. The highest BCUT2D eigenvalue weighted by molar-refractivity contribution is 4.98. The van der Waals surface area contributed by atoms with Crippen molar-refractivity contribution >= 4 is 0 Å². The molecule has 0 aliphatic carbocycles. The zero-order valence-corrected chi connectivity index (χ0v) is 9.72. The predicted molar refractivity (Wildman–Crippen MR) is 58.4 cm³/mol. The lowest BCUT2D eigenvalue weighted by atomic mass is 10.2. The smallest absolute Gasteiger partial charge is 0.0985 e. The minimum absolute atomic E-state index is 0.467. The number of hydrogen-bond acceptors (Lipinski definition) is 4. The molecule has 1 atom stereocenters. The minimum Gasteiger partial charge on any atom is -0.387 e. The molecule has 1 aromatic heterocycles. The highest BCUT2D eigenvalue weighted by Gasteiger charge is 2.13. The standard InChI is InChI=1S/C10H20N4O/c1-4-14(5-2)7-6-10(15)9-8-11-12-13(9)3/h8,10,15H,4-7H2,1-3H3. The van der Waals surface area contributed by atoms with Crippen LogP contribution in [0.15, 0.2) is 6.20 Å². The van der Waals surface area contributed by atoms with Gasteiger partial charge >= 0.3 is 0 Å². The molecule has 0 spiro atoms. The van der Waals surface area contributed by atoms with Crippen molar-refractivity contribution in [1.82, 2.24) is 19.9 Å². The van der Waals surface area contributed by atoms with Gasteiger partial charge in [-0.25, -0.2) is 4.68 Å². The normalized spacial score (nSPS) is 13.4. The third kappa shape index (κ3) is 3.28. The Morgan fingerprint density at radius 3 is 2.60 bits per heavy atom. The summed E-state index contributed by atoms with van der Waals surface area (Å²) >= 11 is 0. The Morgan fingerprint density at radius 1 is 1.47 bits per heavy atom. The lowest BCUT2D eigenvalue weighted by Gasteiger charge is -2.19. The second-order valence-corrected chi connectivity index (χ2v) is 3.61. The van der Waals surface area contributed by atoms with E-state index in [1.165, 1.54) is 0 Å². The van der Waals surface area contributed by atoms with Crippen LogP contribution < -0.4 is 0 Å². The maximum absolute atomic E-state index is 9.90. The van der Waals surface area contributed by atoms with E-state index in [9.17, 15) is 5.11 Å². The molecule has 1 heterocycles. The first-order chi connectivity index (χ1) is 7.19. The molecule has 0 aromatic carbocycles. The quantitative estimate of drug-likeness (QED) is 0.749. The molecular weight excluding hydrogens is 192 g/mol. The second kappa shape index (κ2) is 5.82. The summed E-state index contributed by atoms with van der Waals surface area (Å²) in [6.45, 7) is 7.20. The largest absolute Gasteiger partial charge is 0.387 e. The van der Waals surface area contributed by atoms with Gasteiger partial charge in [0.15, 0.2) is 0 Å². The lowest BCUT2D eigenvalue weighted by molar-refractivity contribution is 0.137. The van der Waals surface area contributed by atoms with Crippen molar-refractivity contribution in [3.63, 3.8) is 0 Å². The van der Waals surface area contributed by atoms with Gasteiger partial charge in [0, 0.05) is 13.6 Å². The maximum Gasteiger partial charge on any atom is 0.0985 e. The molecule has 0 radical (unpaired) electrons. The van der Waals surface area contributed by atoms with Crippen molar-refractivity contribution in [1.29, 1.82) is 0 Å². The highest BCUT2D eigenvalue weighted by atomic mass is 16.3. The van der Waals surface area contributed by atoms with Crippen LogP contribution in [0.1, 0.15) is 32.1 Å². The van der Waals surface area contributed by atoms with Crippen LogP contribution in [-0.2, 0) is 7.05 Å². The molecule has 5 nitrogen and oxygen atoms in total. The van der Waals surface area contributed by atoms with Gasteiger partial charge in [-0.3, -0.25) is 0 Å². The first kappa shape index (κ1) is 12.1. The summed E-state index contributed by atoms with van der Waals surface area (Å²) in [7, 11) is 1.79. The number of nitrogens with zero attached hydrogens (tertiary/aromatic N) is 4. The van der Waals surface area contributed by atoms with Crippen molar-refractivity contribution in [2.45, 2.75) is 26.4 Å². The Kier molecular flexibility index (Phi) is 4.71. The lowest BCUT2D eigenvalue weighted by Crippen LogP contribution is -2.25. The minimum atomic E-state index is -0.467. The fourth-order valence-corrected chi connectivity index (χ4v) is 1.59. The van der Waals surface area contributed by atoms with Gasteiger partial charge in [0.1, 0.15) is 0 Å². The average Bonchev–Trinajstić information content (AvgIpc) is 2.66. The van der Waals surface area contributed by atoms with E-state index >= 15 is 0 Å². The molecule has 0 amide bonds. The van der Waals surface area contributed by atoms with Crippen LogP contribution in [0.5, 0.6) is 0 Å². The molecule has 0 bridgehead atoms. The van der Waals surface area contributed by atoms with Crippen LogP contribution in [0.2, 0.25) is 0 Å². The van der Waals surface area contributed by atoms with Gasteiger partial charge in [-0.1, -0.05) is 19.1 Å². The number of rotatable bonds is 6. The van der Waals surface area contributed by atoms with Crippen LogP contribution in [0.4, 0.5) is 0 Å². The summed E-state index contributed by atoms with van der Waals surface area (Å²) in [5, 5.41) is 17.5. The summed E-state index contributed by atoms with van der Waals surface area (Å²) in [5.41, 5.74) is 0.780. The molecule has 1 N–H and O–H groups in total. The molecule has 0 aliphatic rings. The Morgan fingerprint density at radius 2 is 2.13 bits per heavy atom. The first-order valence-electron chi connectivity index (χ1n) is 5.44. The molecule has 0 saturated carbocycles. The number of hydrogen-bond donors (Lipinski definition) is 1. The number of aromatic nitrogens is 3. The van der Waals surface area contributed by atoms with Crippen molar-refractivity contribution in [3.8, 4) is 0 Å². The average molecular weight is 212 g/mol. The molecule has 1 unspecified atom stereocenters. The monoisotopic (exact) mass is 212 g/mol. The predicted octanol–water partition coefficient (Wildman–Crippen LogP) is 0.580. The summed E-state index contributed by atoms with van der Waals surface area (Å²) in [6, 6.07) is 0. The Bertz CT molecular complexity index is 283. The number of aliphatic hydroxyl groups excluding tert-OH is 1. The first-order valence-corrected chi connectivity index (χ1v) is 5.44. The molecular formula is C10H20N4O. The fraction of sp³-hybridized carbons (Fsp3) is 0.800. The van der Waals surface area contributed by atoms with Gasteiger partial charge in [-0.05, 0) is 19.5 Å². The molecule has 15 heavy (non-hydrogen) atoms. The second-order valence-electron chi connectivity index (χ2n) is 3.61. The van der Waals surface area contributed by atoms with E-state index < -0.39 is 6.10 Å². The zero-order valence-electron chi connectivity index (χ0n) is 9.72. The van der Waals surface area contributed by atoms with Crippen molar-refractivity contribution in [3.05, 3.63) is 11.9 Å². The van der Waals surface area contributed by atoms with E-state index in [4.69, 9.17) is 0 Å². The van der Waals surface area contributed by atoms with Gasteiger partial charge in [0.25, 0.3) is 0 Å². The van der Waals surface area contributed by atoms with E-state index in [0.717, 1.165) is 31.7 Å². The summed E-state index contributed by atoms with van der Waals surface area (Å²) in [5.74, 6) is 0. The van der Waals surface area contributed by atoms with Crippen molar-refractivity contribution < 1.29 is 5.11 Å². The maximum atomic E-state index is 9.90. The van der Waals surface area contributed by atoms with E-state index in [-0.39, 0.29) is 0 Å². The van der Waals surface area contributed by atoms with Gasteiger partial charge in [-0.15, -0.1) is 5.10 Å². The summed E-state index contributed by atoms with van der Waals surface area (Å²) in [6.07, 6.45) is 1.88. The molecule has 86 valence electrons. The van der Waals surface area contributed by atoms with Crippen LogP contribution in [0, 0.1) is 0 Å². The topological polar surface area (TPSA) is 54.2 Å². The summed E-state index contributed by atoms with van der Waals surface area (Å²) in [4.78, 5) is 2.28. The molecule has 0 saturated heterocycles. The molecule has 1 rings (SSSR count). The molecule has 0 fully saturated rings. The highest BCUT2D eigenvalue weighted by Crippen LogP contribution is 2.14. The Balaban J connectivity index is 2.42. The van der Waals surface area contributed by atoms with Crippen LogP contribution >= 0.6 is 0 Å². The van der Waals surface area contributed by atoms with E-state index in [1.807, 2.05) is 0 Å². The number of aryl methyl sites for hydroxylation is 1. The zero-order chi connectivity index (χ0) is 11.3. The van der Waals surface area contributed by atoms with E-state index in [0.29, 0.717) is 0 Å². The Labute approximate surface area is 90.7 Å². The Hall–Kier alpha value is -0.940. The van der Waals surface area contributed by atoms with Crippen molar-refractivity contribution in [2.24, 2.45) is 7.05 Å². The van der Waals surface area contributed by atoms with Gasteiger partial charge in [-0.2, -0.15) is 0 Å². The fourth-order valence-electron chi connectivity index (χ4n) is 1.59. The van der Waals surface area contributed by atoms with Crippen LogP contribution in [0.25, 0.3) is 0 Å². The number of aliphatic hydroxyl groups is 1. The van der Waals surface area contributed by atoms with Crippen LogP contribution in [0.3, 0.4) is 0 Å². The van der Waals surface area contributed by atoms with Gasteiger partial charge in [0.2, 0.25) is 0 Å². The summed E-state index contributed by atoms with van der Waals surface area (Å²) < 4.78 is 1.62.